The molecular weight excluding hydrogens is 302 g/mol. The van der Waals surface area contributed by atoms with Crippen LogP contribution in [0.4, 0.5) is 4.39 Å². The molecule has 2 N–H and O–H groups in total. The van der Waals surface area contributed by atoms with Gasteiger partial charge in [-0.25, -0.2) is 4.39 Å². The highest BCUT2D eigenvalue weighted by molar-refractivity contribution is 6.30. The zero-order valence-corrected chi connectivity index (χ0v) is 12.9. The topological polar surface area (TPSA) is 35.5 Å². The second-order valence-corrected chi connectivity index (χ2v) is 5.27. The summed E-state index contributed by atoms with van der Waals surface area (Å²) in [6, 6.07) is 4.88. The minimum absolute atomic E-state index is 0. The molecule has 6 heteroatoms. The van der Waals surface area contributed by atoms with Gasteiger partial charge in [0.2, 0.25) is 0 Å². The van der Waals surface area contributed by atoms with Crippen LogP contribution in [0, 0.1) is 5.82 Å². The molecule has 0 aliphatic carbocycles. The van der Waals surface area contributed by atoms with E-state index in [2.05, 4.69) is 10.2 Å². The number of benzene rings is 1. The predicted octanol–water partition coefficient (Wildman–Crippen LogP) is 2.62. The Morgan fingerprint density at radius 1 is 1.35 bits per heavy atom. The van der Waals surface area contributed by atoms with Crippen molar-refractivity contribution < 1.29 is 9.50 Å². The summed E-state index contributed by atoms with van der Waals surface area (Å²) in [6.07, 6.45) is 1.44. The van der Waals surface area contributed by atoms with Gasteiger partial charge in [0.1, 0.15) is 5.82 Å². The minimum atomic E-state index is -0.256. The number of hydrogen-bond acceptors (Lipinski definition) is 3. The third-order valence-corrected chi connectivity index (χ3v) is 3.78. The lowest BCUT2D eigenvalue weighted by molar-refractivity contribution is 0.151. The van der Waals surface area contributed by atoms with Crippen molar-refractivity contribution in [2.45, 2.75) is 18.9 Å². The van der Waals surface area contributed by atoms with Crippen LogP contribution in [0.2, 0.25) is 5.02 Å². The summed E-state index contributed by atoms with van der Waals surface area (Å²) in [7, 11) is 0. The molecule has 1 heterocycles. The van der Waals surface area contributed by atoms with Crippen LogP contribution < -0.4 is 5.32 Å². The van der Waals surface area contributed by atoms with Crippen molar-refractivity contribution in [3.05, 3.63) is 34.6 Å². The highest BCUT2D eigenvalue weighted by Gasteiger charge is 2.24. The molecule has 0 spiro atoms. The summed E-state index contributed by atoms with van der Waals surface area (Å²) in [5.74, 6) is -0.256. The average molecular weight is 323 g/mol. The van der Waals surface area contributed by atoms with Crippen molar-refractivity contribution in [1.82, 2.24) is 10.2 Å². The first kappa shape index (κ1) is 17.7. The van der Waals surface area contributed by atoms with Crippen LogP contribution in [-0.2, 0) is 0 Å². The number of halogens is 3. The Hall–Kier alpha value is -0.390. The van der Waals surface area contributed by atoms with Crippen LogP contribution in [0.3, 0.4) is 0 Å². The van der Waals surface area contributed by atoms with Gasteiger partial charge in [-0.3, -0.25) is 4.90 Å². The number of hydrogen-bond donors (Lipinski definition) is 2. The van der Waals surface area contributed by atoms with Gasteiger partial charge < -0.3 is 10.4 Å². The Morgan fingerprint density at radius 3 is 2.65 bits per heavy atom. The molecule has 0 saturated carbocycles. The van der Waals surface area contributed by atoms with Crippen LogP contribution in [-0.4, -0.2) is 42.8 Å². The molecule has 1 saturated heterocycles. The van der Waals surface area contributed by atoms with Gasteiger partial charge in [-0.15, -0.1) is 12.4 Å². The van der Waals surface area contributed by atoms with Gasteiger partial charge in [0.25, 0.3) is 0 Å². The molecule has 2 rings (SSSR count). The molecule has 0 bridgehead atoms. The summed E-state index contributed by atoms with van der Waals surface area (Å²) in [6.45, 7) is 3.78. The molecule has 1 aliphatic heterocycles. The lowest BCUT2D eigenvalue weighted by Crippen LogP contribution is -2.45. The fourth-order valence-corrected chi connectivity index (χ4v) is 2.74. The summed E-state index contributed by atoms with van der Waals surface area (Å²) < 4.78 is 14.1. The van der Waals surface area contributed by atoms with Crippen molar-refractivity contribution >= 4 is 24.0 Å². The number of aliphatic hydroxyl groups excluding tert-OH is 1. The van der Waals surface area contributed by atoms with Crippen molar-refractivity contribution in [2.75, 3.05) is 32.8 Å². The number of nitrogens with zero attached hydrogens (tertiary/aromatic N) is 1. The predicted molar refractivity (Wildman–Crippen MR) is 82.2 cm³/mol. The molecule has 0 unspecified atom stereocenters. The number of piperazine rings is 1. The third-order valence-electron chi connectivity index (χ3n) is 3.55. The Labute approximate surface area is 130 Å². The second kappa shape index (κ2) is 8.80. The quantitative estimate of drug-likeness (QED) is 0.874. The van der Waals surface area contributed by atoms with Crippen LogP contribution in [0.1, 0.15) is 24.4 Å². The Kier molecular flexibility index (Phi) is 7.77. The SMILES string of the molecule is Cl.OCCC[C@H](c1ccc(Cl)cc1F)N1CCNCC1. The second-order valence-electron chi connectivity index (χ2n) is 4.83. The van der Waals surface area contributed by atoms with Crippen LogP contribution >= 0.6 is 24.0 Å². The first-order valence-corrected chi connectivity index (χ1v) is 7.10. The summed E-state index contributed by atoms with van der Waals surface area (Å²) in [4.78, 5) is 2.28. The summed E-state index contributed by atoms with van der Waals surface area (Å²) in [5.41, 5.74) is 0.680. The highest BCUT2D eigenvalue weighted by Crippen LogP contribution is 2.29. The average Bonchev–Trinajstić information content (AvgIpc) is 2.42. The van der Waals surface area contributed by atoms with E-state index < -0.39 is 0 Å². The maximum absolute atomic E-state index is 14.1. The Morgan fingerprint density at radius 2 is 2.05 bits per heavy atom. The monoisotopic (exact) mass is 322 g/mol. The van der Waals surface area contributed by atoms with Crippen molar-refractivity contribution in [3.8, 4) is 0 Å². The van der Waals surface area contributed by atoms with E-state index in [9.17, 15) is 4.39 Å². The smallest absolute Gasteiger partial charge is 0.129 e. The molecule has 20 heavy (non-hydrogen) atoms. The van der Waals surface area contributed by atoms with Crippen molar-refractivity contribution in [3.63, 3.8) is 0 Å². The van der Waals surface area contributed by atoms with Gasteiger partial charge in [0.15, 0.2) is 0 Å². The fourth-order valence-electron chi connectivity index (χ4n) is 2.58. The molecule has 0 amide bonds. The van der Waals surface area contributed by atoms with E-state index in [1.54, 1.807) is 12.1 Å². The van der Waals surface area contributed by atoms with Crippen LogP contribution in [0.5, 0.6) is 0 Å². The fraction of sp³-hybridized carbons (Fsp3) is 0.571. The lowest BCUT2D eigenvalue weighted by Gasteiger charge is -2.35. The van der Waals surface area contributed by atoms with E-state index >= 15 is 0 Å². The van der Waals surface area contributed by atoms with Gasteiger partial charge in [0, 0.05) is 49.4 Å². The molecule has 0 radical (unpaired) electrons. The largest absolute Gasteiger partial charge is 0.396 e. The first-order chi connectivity index (χ1) is 9.22. The summed E-state index contributed by atoms with van der Waals surface area (Å²) >= 11 is 5.81. The molecule has 1 aliphatic rings. The zero-order chi connectivity index (χ0) is 13.7. The molecule has 3 nitrogen and oxygen atoms in total. The molecule has 1 aromatic rings. The maximum Gasteiger partial charge on any atom is 0.129 e. The van der Waals surface area contributed by atoms with Crippen molar-refractivity contribution in [1.29, 1.82) is 0 Å². The third kappa shape index (κ3) is 4.57. The van der Waals surface area contributed by atoms with Gasteiger partial charge in [-0.2, -0.15) is 0 Å². The highest BCUT2D eigenvalue weighted by atomic mass is 35.5. The molecule has 0 aromatic heterocycles. The number of aliphatic hydroxyl groups is 1. The summed E-state index contributed by atoms with van der Waals surface area (Å²) in [5, 5.41) is 12.7. The Bertz CT molecular complexity index is 414. The minimum Gasteiger partial charge on any atom is -0.396 e. The van der Waals surface area contributed by atoms with E-state index in [0.29, 0.717) is 17.0 Å². The molecular formula is C14H21Cl2FN2O. The van der Waals surface area contributed by atoms with E-state index in [1.807, 2.05) is 0 Å². The molecule has 1 atom stereocenters. The van der Waals surface area contributed by atoms with Crippen LogP contribution in [0.25, 0.3) is 0 Å². The maximum atomic E-state index is 14.1. The molecule has 114 valence electrons. The molecule has 1 fully saturated rings. The van der Waals surface area contributed by atoms with Crippen LogP contribution in [0.15, 0.2) is 18.2 Å². The molecule has 1 aromatic carbocycles. The number of rotatable bonds is 5. The van der Waals surface area contributed by atoms with Gasteiger partial charge >= 0.3 is 0 Å². The van der Waals surface area contributed by atoms with E-state index in [-0.39, 0.29) is 30.9 Å². The van der Waals surface area contributed by atoms with Gasteiger partial charge in [-0.1, -0.05) is 17.7 Å². The number of nitrogens with one attached hydrogen (secondary N) is 1. The zero-order valence-electron chi connectivity index (χ0n) is 11.3. The van der Waals surface area contributed by atoms with E-state index in [4.69, 9.17) is 16.7 Å². The Balaban J connectivity index is 0.00000200. The van der Waals surface area contributed by atoms with E-state index in [0.717, 1.165) is 32.6 Å². The lowest BCUT2D eigenvalue weighted by atomic mass is 9.99. The standard InChI is InChI=1S/C14H20ClFN2O.ClH/c15-11-3-4-12(13(16)10-11)14(2-1-9-19)18-7-5-17-6-8-18;/h3-4,10,14,17,19H,1-2,5-9H2;1H/t14-;/m1./s1. The van der Waals surface area contributed by atoms with Crippen molar-refractivity contribution in [2.24, 2.45) is 0 Å². The normalized spacial score (nSPS) is 17.6. The van der Waals surface area contributed by atoms with E-state index in [1.165, 1.54) is 6.07 Å². The van der Waals surface area contributed by atoms with Gasteiger partial charge in [0.05, 0.1) is 0 Å². The van der Waals surface area contributed by atoms with Gasteiger partial charge in [-0.05, 0) is 25.0 Å². The first-order valence-electron chi connectivity index (χ1n) is 6.73.